The highest BCUT2D eigenvalue weighted by Crippen LogP contribution is 1.89. The molecule has 13 heavy (non-hydrogen) atoms. The monoisotopic (exact) mass is 186 g/mol. The third kappa shape index (κ3) is 7.46. The number of hydrogen-bond donors (Lipinski definition) is 2. The summed E-state index contributed by atoms with van der Waals surface area (Å²) in [5.74, 6) is 0.0880. The number of hydrogen-bond acceptors (Lipinski definition) is 3. The van der Waals surface area contributed by atoms with E-state index in [-0.39, 0.29) is 17.7 Å². The van der Waals surface area contributed by atoms with Gasteiger partial charge in [-0.05, 0) is 20.9 Å². The molecule has 0 aromatic carbocycles. The standard InChI is InChI=1S/C9H18N2O2/c1-7(10-3)6-9(13)11-5-4-8(2)12/h7,10H,4-6H2,1-3H3,(H,11,13)/t7-/m0/s1. The van der Waals surface area contributed by atoms with Crippen molar-refractivity contribution in [2.24, 2.45) is 0 Å². The topological polar surface area (TPSA) is 58.2 Å². The third-order valence-electron chi connectivity index (χ3n) is 1.78. The van der Waals surface area contributed by atoms with Crippen molar-refractivity contribution in [3.8, 4) is 0 Å². The highest BCUT2D eigenvalue weighted by Gasteiger charge is 2.05. The minimum absolute atomic E-state index is 0.0110. The van der Waals surface area contributed by atoms with Crippen LogP contribution >= 0.6 is 0 Å². The Morgan fingerprint density at radius 3 is 2.46 bits per heavy atom. The van der Waals surface area contributed by atoms with Gasteiger partial charge >= 0.3 is 0 Å². The molecule has 0 saturated carbocycles. The second kappa shape index (κ2) is 6.60. The fourth-order valence-electron chi connectivity index (χ4n) is 0.830. The van der Waals surface area contributed by atoms with Crippen LogP contribution in [-0.2, 0) is 9.59 Å². The van der Waals surface area contributed by atoms with Crippen molar-refractivity contribution in [1.29, 1.82) is 0 Å². The number of Topliss-reactive ketones (excluding diaryl/α,β-unsaturated/α-hetero) is 1. The molecule has 76 valence electrons. The summed E-state index contributed by atoms with van der Waals surface area (Å²) < 4.78 is 0. The first-order chi connectivity index (χ1) is 6.06. The molecular weight excluding hydrogens is 168 g/mol. The van der Waals surface area contributed by atoms with Gasteiger partial charge in [0.25, 0.3) is 0 Å². The second-order valence-electron chi connectivity index (χ2n) is 3.20. The molecule has 0 bridgehead atoms. The van der Waals surface area contributed by atoms with Gasteiger partial charge in [0, 0.05) is 25.4 Å². The minimum Gasteiger partial charge on any atom is -0.356 e. The van der Waals surface area contributed by atoms with Crippen molar-refractivity contribution in [3.05, 3.63) is 0 Å². The quantitative estimate of drug-likeness (QED) is 0.617. The molecule has 2 N–H and O–H groups in total. The summed E-state index contributed by atoms with van der Waals surface area (Å²) in [6, 6.07) is 0.178. The number of carbonyl (C=O) groups is 2. The smallest absolute Gasteiger partial charge is 0.221 e. The predicted molar refractivity (Wildman–Crippen MR) is 51.4 cm³/mol. The molecule has 0 saturated heterocycles. The summed E-state index contributed by atoms with van der Waals surface area (Å²) in [5.41, 5.74) is 0. The van der Waals surface area contributed by atoms with E-state index in [1.54, 1.807) is 0 Å². The van der Waals surface area contributed by atoms with E-state index in [9.17, 15) is 9.59 Å². The summed E-state index contributed by atoms with van der Waals surface area (Å²) in [6.07, 6.45) is 0.869. The summed E-state index contributed by atoms with van der Waals surface area (Å²) in [6.45, 7) is 3.90. The van der Waals surface area contributed by atoms with Crippen LogP contribution in [0.5, 0.6) is 0 Å². The zero-order valence-corrected chi connectivity index (χ0v) is 8.52. The molecule has 0 aromatic heterocycles. The number of rotatable bonds is 6. The van der Waals surface area contributed by atoms with Crippen LogP contribution in [0.15, 0.2) is 0 Å². The van der Waals surface area contributed by atoms with Gasteiger partial charge in [0.05, 0.1) is 0 Å². The lowest BCUT2D eigenvalue weighted by Gasteiger charge is -2.09. The van der Waals surface area contributed by atoms with Crippen molar-refractivity contribution in [2.45, 2.75) is 32.7 Å². The lowest BCUT2D eigenvalue weighted by Crippen LogP contribution is -2.32. The maximum atomic E-state index is 11.1. The van der Waals surface area contributed by atoms with Crippen molar-refractivity contribution in [3.63, 3.8) is 0 Å². The van der Waals surface area contributed by atoms with Crippen LogP contribution < -0.4 is 10.6 Å². The molecule has 0 radical (unpaired) electrons. The Bertz CT molecular complexity index is 180. The molecule has 0 fully saturated rings. The Morgan fingerprint density at radius 1 is 1.38 bits per heavy atom. The van der Waals surface area contributed by atoms with E-state index in [2.05, 4.69) is 10.6 Å². The summed E-state index contributed by atoms with van der Waals surface area (Å²) in [5, 5.41) is 5.65. The lowest BCUT2D eigenvalue weighted by atomic mass is 10.2. The van der Waals surface area contributed by atoms with Crippen molar-refractivity contribution in [2.75, 3.05) is 13.6 Å². The fourth-order valence-corrected chi connectivity index (χ4v) is 0.830. The molecule has 0 heterocycles. The molecule has 0 unspecified atom stereocenters. The van der Waals surface area contributed by atoms with Crippen LogP contribution in [0.1, 0.15) is 26.7 Å². The zero-order chi connectivity index (χ0) is 10.3. The second-order valence-corrected chi connectivity index (χ2v) is 3.20. The van der Waals surface area contributed by atoms with Crippen LogP contribution in [0.4, 0.5) is 0 Å². The first-order valence-electron chi connectivity index (χ1n) is 4.49. The molecule has 1 amide bonds. The van der Waals surface area contributed by atoms with Crippen LogP contribution in [0, 0.1) is 0 Å². The van der Waals surface area contributed by atoms with Gasteiger partial charge in [-0.25, -0.2) is 0 Å². The van der Waals surface area contributed by atoms with Crippen LogP contribution in [0.3, 0.4) is 0 Å². The van der Waals surface area contributed by atoms with Gasteiger partial charge in [-0.3, -0.25) is 9.59 Å². The molecule has 0 aliphatic rings. The summed E-state index contributed by atoms with van der Waals surface area (Å²) in [7, 11) is 1.81. The predicted octanol–water partition coefficient (Wildman–Crippen LogP) is 0.0797. The molecule has 1 atom stereocenters. The third-order valence-corrected chi connectivity index (χ3v) is 1.78. The SMILES string of the molecule is CN[C@@H](C)CC(=O)NCCC(C)=O. The Hall–Kier alpha value is -0.900. The van der Waals surface area contributed by atoms with E-state index in [4.69, 9.17) is 0 Å². The van der Waals surface area contributed by atoms with E-state index in [0.717, 1.165) is 0 Å². The average molecular weight is 186 g/mol. The van der Waals surface area contributed by atoms with E-state index in [1.807, 2.05) is 14.0 Å². The molecule has 4 heteroatoms. The van der Waals surface area contributed by atoms with Crippen LogP contribution in [0.2, 0.25) is 0 Å². The van der Waals surface area contributed by atoms with E-state index in [0.29, 0.717) is 19.4 Å². The van der Waals surface area contributed by atoms with Crippen molar-refractivity contribution in [1.82, 2.24) is 10.6 Å². The van der Waals surface area contributed by atoms with E-state index in [1.165, 1.54) is 6.92 Å². The summed E-state index contributed by atoms with van der Waals surface area (Å²) in [4.78, 5) is 21.7. The maximum absolute atomic E-state index is 11.1. The van der Waals surface area contributed by atoms with Gasteiger partial charge in [0.15, 0.2) is 0 Å². The first-order valence-corrected chi connectivity index (χ1v) is 4.49. The maximum Gasteiger partial charge on any atom is 0.221 e. The van der Waals surface area contributed by atoms with Crippen LogP contribution in [-0.4, -0.2) is 31.3 Å². The Kier molecular flexibility index (Phi) is 6.14. The van der Waals surface area contributed by atoms with Gasteiger partial charge in [0.1, 0.15) is 5.78 Å². The zero-order valence-electron chi connectivity index (χ0n) is 8.52. The molecule has 0 aliphatic carbocycles. The number of nitrogens with one attached hydrogen (secondary N) is 2. The minimum atomic E-state index is -0.0110. The Labute approximate surface area is 79.1 Å². The van der Waals surface area contributed by atoms with Crippen LogP contribution in [0.25, 0.3) is 0 Å². The Balaban J connectivity index is 3.46. The van der Waals surface area contributed by atoms with Gasteiger partial charge in [-0.15, -0.1) is 0 Å². The first kappa shape index (κ1) is 12.1. The van der Waals surface area contributed by atoms with E-state index < -0.39 is 0 Å². The van der Waals surface area contributed by atoms with Crippen molar-refractivity contribution >= 4 is 11.7 Å². The normalized spacial score (nSPS) is 12.2. The largest absolute Gasteiger partial charge is 0.356 e. The molecule has 0 aromatic rings. The highest BCUT2D eigenvalue weighted by atomic mass is 16.1. The molecular formula is C9H18N2O2. The van der Waals surface area contributed by atoms with Gasteiger partial charge in [0.2, 0.25) is 5.91 Å². The van der Waals surface area contributed by atoms with Crippen molar-refractivity contribution < 1.29 is 9.59 Å². The molecule has 0 rings (SSSR count). The number of ketones is 1. The fraction of sp³-hybridized carbons (Fsp3) is 0.778. The lowest BCUT2D eigenvalue weighted by molar-refractivity contribution is -0.121. The average Bonchev–Trinajstić information content (AvgIpc) is 2.03. The molecule has 0 spiro atoms. The van der Waals surface area contributed by atoms with Gasteiger partial charge in [-0.1, -0.05) is 0 Å². The molecule has 0 aliphatic heterocycles. The van der Waals surface area contributed by atoms with Gasteiger partial charge in [-0.2, -0.15) is 0 Å². The number of amides is 1. The van der Waals surface area contributed by atoms with E-state index >= 15 is 0 Å². The van der Waals surface area contributed by atoms with Gasteiger partial charge < -0.3 is 10.6 Å². The highest BCUT2D eigenvalue weighted by molar-refractivity contribution is 5.79. The summed E-state index contributed by atoms with van der Waals surface area (Å²) >= 11 is 0. The molecule has 4 nitrogen and oxygen atoms in total. The number of carbonyl (C=O) groups excluding carboxylic acids is 2. The Morgan fingerprint density at radius 2 is 2.00 bits per heavy atom.